The minimum atomic E-state index is -4.61. The topological polar surface area (TPSA) is 50.2 Å². The Labute approximate surface area is 117 Å². The van der Waals surface area contributed by atoms with E-state index in [2.05, 4.69) is 4.98 Å². The number of aliphatic hydroxyl groups is 1. The number of allylic oxidation sites excluding steroid dienone is 1. The Bertz CT molecular complexity index is 778. The number of pyridine rings is 1. The number of aromatic nitrogens is 1. The van der Waals surface area contributed by atoms with E-state index in [1.54, 1.807) is 18.2 Å². The number of hydrogen-bond donors (Lipinski definition) is 1. The molecule has 21 heavy (non-hydrogen) atoms. The van der Waals surface area contributed by atoms with E-state index in [9.17, 15) is 23.1 Å². The van der Waals surface area contributed by atoms with Crippen molar-refractivity contribution in [2.24, 2.45) is 0 Å². The Morgan fingerprint density at radius 1 is 1.05 bits per heavy atom. The molecule has 0 saturated heterocycles. The number of hydrogen-bond acceptors (Lipinski definition) is 3. The molecule has 3 nitrogen and oxygen atoms in total. The quantitative estimate of drug-likeness (QED) is 0.871. The fourth-order valence-electron chi connectivity index (χ4n) is 2.27. The van der Waals surface area contributed by atoms with Crippen LogP contribution >= 0.6 is 0 Å². The Morgan fingerprint density at radius 3 is 2.33 bits per heavy atom. The highest BCUT2D eigenvalue weighted by molar-refractivity contribution is 6.38. The highest BCUT2D eigenvalue weighted by Gasteiger charge is 2.35. The maximum Gasteiger partial charge on any atom is 0.433 e. The monoisotopic (exact) mass is 291 g/mol. The van der Waals surface area contributed by atoms with Crippen LogP contribution < -0.4 is 0 Å². The minimum Gasteiger partial charge on any atom is -0.507 e. The van der Waals surface area contributed by atoms with Crippen LogP contribution in [0.1, 0.15) is 27.2 Å². The summed E-state index contributed by atoms with van der Waals surface area (Å²) < 4.78 is 38.1. The molecule has 0 aliphatic heterocycles. The zero-order valence-corrected chi connectivity index (χ0v) is 10.5. The van der Waals surface area contributed by atoms with Gasteiger partial charge in [-0.3, -0.25) is 9.78 Å². The van der Waals surface area contributed by atoms with Crippen molar-refractivity contribution in [3.8, 4) is 0 Å². The Hall–Kier alpha value is -2.63. The lowest BCUT2D eigenvalue weighted by molar-refractivity contribution is -0.141. The number of carbonyl (C=O) groups is 1. The summed E-state index contributed by atoms with van der Waals surface area (Å²) >= 11 is 0. The minimum absolute atomic E-state index is 0.00368. The summed E-state index contributed by atoms with van der Waals surface area (Å²) in [5.74, 6) is -0.808. The zero-order valence-electron chi connectivity index (χ0n) is 10.5. The van der Waals surface area contributed by atoms with Crippen molar-refractivity contribution >= 4 is 17.1 Å². The average Bonchev–Trinajstić information content (AvgIpc) is 2.71. The Kier molecular flexibility index (Phi) is 2.83. The van der Waals surface area contributed by atoms with Gasteiger partial charge in [0.25, 0.3) is 0 Å². The number of rotatable bonds is 1. The maximum atomic E-state index is 12.7. The molecule has 0 radical (unpaired) electrons. The highest BCUT2D eigenvalue weighted by atomic mass is 19.4. The Morgan fingerprint density at radius 2 is 1.71 bits per heavy atom. The normalized spacial score (nSPS) is 14.5. The van der Waals surface area contributed by atoms with Gasteiger partial charge in [0.2, 0.25) is 0 Å². The van der Waals surface area contributed by atoms with Gasteiger partial charge in [-0.05, 0) is 17.7 Å². The molecule has 0 saturated carbocycles. The molecule has 1 aromatic carbocycles. The predicted molar refractivity (Wildman–Crippen MR) is 69.5 cm³/mol. The second kappa shape index (κ2) is 4.44. The molecule has 106 valence electrons. The summed E-state index contributed by atoms with van der Waals surface area (Å²) in [7, 11) is 0. The Balaban J connectivity index is 2.15. The van der Waals surface area contributed by atoms with Gasteiger partial charge in [0.15, 0.2) is 5.78 Å². The lowest BCUT2D eigenvalue weighted by atomic mass is 10.0. The molecular weight excluding hydrogens is 283 g/mol. The van der Waals surface area contributed by atoms with Crippen molar-refractivity contribution in [1.29, 1.82) is 0 Å². The molecular formula is C15H8F3NO2. The number of aliphatic hydroxyl groups excluding tert-OH is 1. The molecule has 0 unspecified atom stereocenters. The van der Waals surface area contributed by atoms with Crippen molar-refractivity contribution in [3.63, 3.8) is 0 Å². The van der Waals surface area contributed by atoms with Crippen molar-refractivity contribution in [2.45, 2.75) is 6.18 Å². The third-order valence-electron chi connectivity index (χ3n) is 3.23. The van der Waals surface area contributed by atoms with Gasteiger partial charge in [0.1, 0.15) is 11.5 Å². The number of carbonyl (C=O) groups excluding carboxylic acids is 1. The fourth-order valence-corrected chi connectivity index (χ4v) is 2.27. The largest absolute Gasteiger partial charge is 0.507 e. The van der Waals surface area contributed by atoms with E-state index in [-0.39, 0.29) is 22.5 Å². The molecule has 1 N–H and O–H groups in total. The standard InChI is InChI=1S/C15H8F3NO2/c16-15(17,18)11-7-8(5-6-19-11)12-13(20)9-3-1-2-4-10(9)14(12)21/h1-7,20H. The molecule has 1 aliphatic rings. The van der Waals surface area contributed by atoms with Crippen LogP contribution in [-0.2, 0) is 6.18 Å². The first-order valence-electron chi connectivity index (χ1n) is 6.00. The van der Waals surface area contributed by atoms with Gasteiger partial charge in [0, 0.05) is 17.3 Å². The van der Waals surface area contributed by atoms with Gasteiger partial charge in [-0.15, -0.1) is 0 Å². The number of ketones is 1. The molecule has 2 aromatic rings. The molecule has 1 aromatic heterocycles. The third-order valence-corrected chi connectivity index (χ3v) is 3.23. The summed E-state index contributed by atoms with van der Waals surface area (Å²) in [5.41, 5.74) is -0.651. The highest BCUT2D eigenvalue weighted by Crippen LogP contribution is 2.38. The van der Waals surface area contributed by atoms with Crippen LogP contribution in [0.2, 0.25) is 0 Å². The van der Waals surface area contributed by atoms with Gasteiger partial charge in [0.05, 0.1) is 5.57 Å². The molecule has 0 fully saturated rings. The summed E-state index contributed by atoms with van der Waals surface area (Å²) in [5, 5.41) is 10.1. The van der Waals surface area contributed by atoms with Crippen LogP contribution in [0.15, 0.2) is 42.6 Å². The van der Waals surface area contributed by atoms with Crippen LogP contribution in [0.25, 0.3) is 11.3 Å². The molecule has 1 aliphatic carbocycles. The van der Waals surface area contributed by atoms with Crippen LogP contribution in [0.5, 0.6) is 0 Å². The lowest BCUT2D eigenvalue weighted by Gasteiger charge is -2.08. The second-order valence-corrected chi connectivity index (χ2v) is 4.53. The summed E-state index contributed by atoms with van der Waals surface area (Å²) in [4.78, 5) is 15.5. The number of Topliss-reactive ketones (excluding diaryl/α,β-unsaturated/α-hetero) is 1. The average molecular weight is 291 g/mol. The maximum absolute atomic E-state index is 12.7. The van der Waals surface area contributed by atoms with Crippen molar-refractivity contribution in [2.75, 3.05) is 0 Å². The summed E-state index contributed by atoms with van der Waals surface area (Å²) in [6.07, 6.45) is -3.64. The van der Waals surface area contributed by atoms with Crippen LogP contribution in [0.3, 0.4) is 0 Å². The second-order valence-electron chi connectivity index (χ2n) is 4.53. The summed E-state index contributed by atoms with van der Waals surface area (Å²) in [6.45, 7) is 0. The van der Waals surface area contributed by atoms with E-state index in [4.69, 9.17) is 0 Å². The van der Waals surface area contributed by atoms with Gasteiger partial charge < -0.3 is 5.11 Å². The van der Waals surface area contributed by atoms with E-state index in [1.165, 1.54) is 12.1 Å². The van der Waals surface area contributed by atoms with Gasteiger partial charge in [-0.2, -0.15) is 13.2 Å². The third kappa shape index (κ3) is 2.08. The van der Waals surface area contributed by atoms with E-state index >= 15 is 0 Å². The van der Waals surface area contributed by atoms with Crippen LogP contribution in [0, 0.1) is 0 Å². The number of alkyl halides is 3. The molecule has 0 atom stereocenters. The first-order chi connectivity index (χ1) is 9.89. The predicted octanol–water partition coefficient (Wildman–Crippen LogP) is 3.72. The number of fused-ring (bicyclic) bond motifs is 1. The van der Waals surface area contributed by atoms with E-state index < -0.39 is 17.7 Å². The first-order valence-corrected chi connectivity index (χ1v) is 6.00. The van der Waals surface area contributed by atoms with Crippen LogP contribution in [-0.4, -0.2) is 15.9 Å². The number of nitrogens with zero attached hydrogens (tertiary/aromatic N) is 1. The van der Waals surface area contributed by atoms with E-state index in [1.807, 2.05) is 0 Å². The number of halogens is 3. The molecule has 0 amide bonds. The molecule has 0 bridgehead atoms. The van der Waals surface area contributed by atoms with Crippen molar-refractivity contribution < 1.29 is 23.1 Å². The SMILES string of the molecule is O=C1C(c2ccnc(C(F)(F)F)c2)=C(O)c2ccccc21. The molecule has 1 heterocycles. The van der Waals surface area contributed by atoms with Gasteiger partial charge in [-0.1, -0.05) is 24.3 Å². The van der Waals surface area contributed by atoms with E-state index in [0.29, 0.717) is 5.56 Å². The lowest BCUT2D eigenvalue weighted by Crippen LogP contribution is -2.09. The summed E-state index contributed by atoms with van der Waals surface area (Å²) in [6, 6.07) is 8.35. The van der Waals surface area contributed by atoms with E-state index in [0.717, 1.165) is 12.3 Å². The number of benzene rings is 1. The van der Waals surface area contributed by atoms with Crippen LogP contribution in [0.4, 0.5) is 13.2 Å². The smallest absolute Gasteiger partial charge is 0.433 e. The molecule has 6 heteroatoms. The fraction of sp³-hybridized carbons (Fsp3) is 0.0667. The molecule has 3 rings (SSSR count). The van der Waals surface area contributed by atoms with Gasteiger partial charge >= 0.3 is 6.18 Å². The first kappa shape index (κ1) is 13.4. The zero-order chi connectivity index (χ0) is 15.2. The molecule has 0 spiro atoms. The van der Waals surface area contributed by atoms with Crippen molar-refractivity contribution in [3.05, 3.63) is 65.0 Å². The van der Waals surface area contributed by atoms with Crippen molar-refractivity contribution in [1.82, 2.24) is 4.98 Å². The van der Waals surface area contributed by atoms with Gasteiger partial charge in [-0.25, -0.2) is 0 Å².